The molecule has 1 aromatic heterocycles. The summed E-state index contributed by atoms with van der Waals surface area (Å²) in [7, 11) is 1.98. The van der Waals surface area contributed by atoms with Gasteiger partial charge in [0, 0.05) is 28.7 Å². The lowest BCUT2D eigenvalue weighted by atomic mass is 9.85. The van der Waals surface area contributed by atoms with Crippen LogP contribution < -0.4 is 0 Å². The first-order valence-corrected chi connectivity index (χ1v) is 7.99. The third-order valence-corrected chi connectivity index (χ3v) is 5.37. The highest BCUT2D eigenvalue weighted by molar-refractivity contribution is 7.21. The molecule has 0 amide bonds. The summed E-state index contributed by atoms with van der Waals surface area (Å²) in [5.74, 6) is -0.594. The van der Waals surface area contributed by atoms with Crippen LogP contribution in [0.2, 0.25) is 0 Å². The molecule has 0 atom stereocenters. The summed E-state index contributed by atoms with van der Waals surface area (Å²) in [6.07, 6.45) is 3.78. The minimum atomic E-state index is -0.970. The zero-order valence-electron chi connectivity index (χ0n) is 11.9. The Morgan fingerprint density at radius 1 is 1.48 bits per heavy atom. The van der Waals surface area contributed by atoms with Crippen LogP contribution in [-0.4, -0.2) is 29.6 Å². The quantitative estimate of drug-likeness (QED) is 0.908. The monoisotopic (exact) mass is 307 g/mol. The van der Waals surface area contributed by atoms with Gasteiger partial charge in [0.2, 0.25) is 0 Å². The van der Waals surface area contributed by atoms with E-state index in [2.05, 4.69) is 4.90 Å². The van der Waals surface area contributed by atoms with Gasteiger partial charge in [-0.3, -0.25) is 0 Å². The molecule has 2 aromatic rings. The predicted octanol–water partition coefficient (Wildman–Crippen LogP) is 3.97. The second kappa shape index (κ2) is 5.73. The highest BCUT2D eigenvalue weighted by atomic mass is 32.1. The number of halogens is 1. The van der Waals surface area contributed by atoms with Crippen LogP contribution in [0.15, 0.2) is 18.2 Å². The van der Waals surface area contributed by atoms with Gasteiger partial charge in [0.1, 0.15) is 10.7 Å². The summed E-state index contributed by atoms with van der Waals surface area (Å²) in [6, 6.07) is 4.81. The third kappa shape index (κ3) is 2.80. The summed E-state index contributed by atoms with van der Waals surface area (Å²) in [4.78, 5) is 13.8. The minimum Gasteiger partial charge on any atom is -0.477 e. The zero-order valence-corrected chi connectivity index (χ0v) is 12.8. The van der Waals surface area contributed by atoms with E-state index in [4.69, 9.17) is 0 Å². The van der Waals surface area contributed by atoms with Crippen molar-refractivity contribution in [3.8, 4) is 0 Å². The van der Waals surface area contributed by atoms with Crippen LogP contribution in [0.3, 0.4) is 0 Å². The maximum atomic E-state index is 14.1. The molecule has 1 saturated carbocycles. The van der Waals surface area contributed by atoms with Gasteiger partial charge in [0.25, 0.3) is 0 Å². The van der Waals surface area contributed by atoms with Crippen LogP contribution in [0.5, 0.6) is 0 Å². The molecule has 1 fully saturated rings. The van der Waals surface area contributed by atoms with Crippen LogP contribution in [0, 0.1) is 11.7 Å². The van der Waals surface area contributed by atoms with Crippen LogP contribution in [-0.2, 0) is 6.54 Å². The van der Waals surface area contributed by atoms with Crippen LogP contribution in [0.4, 0.5) is 4.39 Å². The molecule has 0 saturated heterocycles. The van der Waals surface area contributed by atoms with E-state index in [-0.39, 0.29) is 10.7 Å². The maximum absolute atomic E-state index is 14.1. The second-order valence-electron chi connectivity index (χ2n) is 5.82. The Hall–Kier alpha value is -1.46. The number of hydrogen-bond donors (Lipinski definition) is 1. The molecule has 1 aromatic carbocycles. The molecular weight excluding hydrogens is 289 g/mol. The maximum Gasteiger partial charge on any atom is 0.346 e. The molecule has 1 aliphatic rings. The van der Waals surface area contributed by atoms with Gasteiger partial charge in [-0.25, -0.2) is 9.18 Å². The molecule has 0 aliphatic heterocycles. The number of rotatable bonds is 5. The summed E-state index contributed by atoms with van der Waals surface area (Å²) in [5.41, 5.74) is 0.613. The fourth-order valence-corrected chi connectivity index (χ4v) is 4.01. The van der Waals surface area contributed by atoms with Gasteiger partial charge in [-0.1, -0.05) is 12.5 Å². The molecule has 0 unspecified atom stereocenters. The largest absolute Gasteiger partial charge is 0.477 e. The lowest BCUT2D eigenvalue weighted by Gasteiger charge is -2.30. The Bertz CT molecular complexity index is 678. The Kier molecular flexibility index (Phi) is 3.95. The molecule has 1 aliphatic carbocycles. The molecule has 1 heterocycles. The molecule has 0 radical (unpaired) electrons. The molecule has 3 nitrogen and oxygen atoms in total. The first-order valence-electron chi connectivity index (χ1n) is 7.18. The fourth-order valence-electron chi connectivity index (χ4n) is 2.94. The van der Waals surface area contributed by atoms with Crippen molar-refractivity contribution in [2.24, 2.45) is 5.92 Å². The first-order chi connectivity index (χ1) is 10.1. The zero-order chi connectivity index (χ0) is 15.0. The number of nitrogens with zero attached hydrogens (tertiary/aromatic N) is 1. The van der Waals surface area contributed by atoms with Crippen molar-refractivity contribution in [2.45, 2.75) is 25.8 Å². The highest BCUT2D eigenvalue weighted by Gasteiger charge is 2.23. The van der Waals surface area contributed by atoms with Gasteiger partial charge < -0.3 is 10.0 Å². The fraction of sp³-hybridized carbons (Fsp3) is 0.438. The summed E-state index contributed by atoms with van der Waals surface area (Å²) >= 11 is 1.16. The lowest BCUT2D eigenvalue weighted by molar-refractivity contribution is 0.0700. The standard InChI is InChI=1S/C16H18FNO2S/c1-18(8-10-4-2-5-10)9-11-14-12(17)6-3-7-13(14)21-15(11)16(19)20/h3,6-7,10H,2,4-5,8-9H2,1H3,(H,19,20). The normalized spacial score (nSPS) is 15.6. The van der Waals surface area contributed by atoms with E-state index in [1.165, 1.54) is 25.3 Å². The van der Waals surface area contributed by atoms with E-state index in [9.17, 15) is 14.3 Å². The number of aromatic carboxylic acids is 1. The van der Waals surface area contributed by atoms with E-state index < -0.39 is 5.97 Å². The summed E-state index contributed by atoms with van der Waals surface area (Å²) < 4.78 is 14.8. The summed E-state index contributed by atoms with van der Waals surface area (Å²) in [5, 5.41) is 9.85. The van der Waals surface area contributed by atoms with Crippen molar-refractivity contribution in [3.05, 3.63) is 34.5 Å². The van der Waals surface area contributed by atoms with Crippen molar-refractivity contribution >= 4 is 27.4 Å². The van der Waals surface area contributed by atoms with Gasteiger partial charge in [-0.05, 0) is 37.9 Å². The minimum absolute atomic E-state index is 0.260. The topological polar surface area (TPSA) is 40.5 Å². The molecule has 0 spiro atoms. The molecule has 3 rings (SSSR count). The Morgan fingerprint density at radius 2 is 2.24 bits per heavy atom. The van der Waals surface area contributed by atoms with Crippen molar-refractivity contribution in [1.82, 2.24) is 4.90 Å². The van der Waals surface area contributed by atoms with Crippen molar-refractivity contribution in [3.63, 3.8) is 0 Å². The number of hydrogen-bond acceptors (Lipinski definition) is 3. The summed E-state index contributed by atoms with van der Waals surface area (Å²) in [6.45, 7) is 1.43. The molecule has 5 heteroatoms. The number of carbonyl (C=O) groups is 1. The average molecular weight is 307 g/mol. The highest BCUT2D eigenvalue weighted by Crippen LogP contribution is 2.34. The van der Waals surface area contributed by atoms with Gasteiger partial charge in [0.15, 0.2) is 0 Å². The molecule has 0 bridgehead atoms. The SMILES string of the molecule is CN(Cc1c(C(=O)O)sc2cccc(F)c12)CC1CCC1. The Labute approximate surface area is 127 Å². The van der Waals surface area contributed by atoms with E-state index in [0.29, 0.717) is 28.1 Å². The van der Waals surface area contributed by atoms with Gasteiger partial charge in [0.05, 0.1) is 0 Å². The number of carboxylic acid groups (broad SMARTS) is 1. The van der Waals surface area contributed by atoms with E-state index in [1.54, 1.807) is 12.1 Å². The average Bonchev–Trinajstić information content (AvgIpc) is 2.74. The molecule has 112 valence electrons. The third-order valence-electron chi connectivity index (χ3n) is 4.18. The van der Waals surface area contributed by atoms with E-state index >= 15 is 0 Å². The number of fused-ring (bicyclic) bond motifs is 1. The van der Waals surface area contributed by atoms with E-state index in [1.807, 2.05) is 7.05 Å². The van der Waals surface area contributed by atoms with Crippen LogP contribution >= 0.6 is 11.3 Å². The lowest BCUT2D eigenvalue weighted by Crippen LogP contribution is -2.29. The van der Waals surface area contributed by atoms with Crippen LogP contribution in [0.25, 0.3) is 10.1 Å². The molecular formula is C16H18FNO2S. The number of benzene rings is 1. The van der Waals surface area contributed by atoms with Crippen molar-refractivity contribution in [2.75, 3.05) is 13.6 Å². The Morgan fingerprint density at radius 3 is 2.86 bits per heavy atom. The predicted molar refractivity (Wildman–Crippen MR) is 82.4 cm³/mol. The number of thiophene rings is 1. The Balaban J connectivity index is 1.94. The van der Waals surface area contributed by atoms with Gasteiger partial charge in [-0.2, -0.15) is 0 Å². The van der Waals surface area contributed by atoms with Gasteiger partial charge in [-0.15, -0.1) is 11.3 Å². The van der Waals surface area contributed by atoms with Gasteiger partial charge >= 0.3 is 5.97 Å². The van der Waals surface area contributed by atoms with Crippen LogP contribution in [0.1, 0.15) is 34.5 Å². The molecule has 1 N–H and O–H groups in total. The smallest absolute Gasteiger partial charge is 0.346 e. The van der Waals surface area contributed by atoms with Crippen molar-refractivity contribution < 1.29 is 14.3 Å². The van der Waals surface area contributed by atoms with E-state index in [0.717, 1.165) is 17.9 Å². The van der Waals surface area contributed by atoms with Crippen molar-refractivity contribution in [1.29, 1.82) is 0 Å². The first kappa shape index (κ1) is 14.5. The number of carboxylic acids is 1. The second-order valence-corrected chi connectivity index (χ2v) is 6.87. The molecule has 21 heavy (non-hydrogen) atoms.